The number of thiazole rings is 1. The summed E-state index contributed by atoms with van der Waals surface area (Å²) in [6.45, 7) is 1.05. The third-order valence-electron chi connectivity index (χ3n) is 4.95. The van der Waals surface area contributed by atoms with Crippen molar-refractivity contribution in [2.45, 2.75) is 18.4 Å². The average molecular weight is 429 g/mol. The summed E-state index contributed by atoms with van der Waals surface area (Å²) in [6, 6.07) is 7.49. The SMILES string of the molecule is NC(=O)C1(N)CCN(c2ncccc2NC(=O)c2csc(-c3cccs3)n2)CC1. The van der Waals surface area contributed by atoms with E-state index in [2.05, 4.69) is 15.3 Å². The molecule has 0 aromatic carbocycles. The van der Waals surface area contributed by atoms with E-state index in [1.165, 1.54) is 11.3 Å². The highest BCUT2D eigenvalue weighted by Crippen LogP contribution is 2.30. The highest BCUT2D eigenvalue weighted by molar-refractivity contribution is 7.20. The minimum Gasteiger partial charge on any atom is -0.368 e. The van der Waals surface area contributed by atoms with E-state index in [0.717, 1.165) is 9.88 Å². The standard InChI is InChI=1S/C19H20N6O2S2/c20-18(27)19(21)5-8-25(9-6-19)15-12(3-1-7-22-15)23-16(26)13-11-29-17(24-13)14-4-2-10-28-14/h1-4,7,10-11H,5-6,8-9,21H2,(H2,20,27)(H,23,26). The number of anilines is 2. The van der Waals surface area contributed by atoms with Gasteiger partial charge in [0.1, 0.15) is 10.7 Å². The maximum atomic E-state index is 12.7. The lowest BCUT2D eigenvalue weighted by molar-refractivity contribution is -0.123. The fourth-order valence-electron chi connectivity index (χ4n) is 3.19. The van der Waals surface area contributed by atoms with Crippen LogP contribution in [0.4, 0.5) is 11.5 Å². The lowest BCUT2D eigenvalue weighted by Crippen LogP contribution is -2.58. The fourth-order valence-corrected chi connectivity index (χ4v) is 4.80. The second-order valence-electron chi connectivity index (χ2n) is 6.85. The lowest BCUT2D eigenvalue weighted by Gasteiger charge is -2.38. The summed E-state index contributed by atoms with van der Waals surface area (Å²) in [4.78, 5) is 36.2. The van der Waals surface area contributed by atoms with E-state index in [4.69, 9.17) is 11.5 Å². The zero-order chi connectivity index (χ0) is 20.4. The molecule has 0 saturated carbocycles. The lowest BCUT2D eigenvalue weighted by atomic mass is 9.88. The maximum Gasteiger partial charge on any atom is 0.275 e. The van der Waals surface area contributed by atoms with Gasteiger partial charge in [0.25, 0.3) is 5.91 Å². The first-order valence-electron chi connectivity index (χ1n) is 9.06. The third kappa shape index (κ3) is 4.00. The monoisotopic (exact) mass is 428 g/mol. The molecule has 0 aliphatic carbocycles. The molecule has 1 aliphatic heterocycles. The number of aromatic nitrogens is 2. The van der Waals surface area contributed by atoms with E-state index in [1.54, 1.807) is 35.0 Å². The molecule has 29 heavy (non-hydrogen) atoms. The van der Waals surface area contributed by atoms with Crippen molar-refractivity contribution in [3.05, 3.63) is 46.9 Å². The number of nitrogens with zero attached hydrogens (tertiary/aromatic N) is 3. The van der Waals surface area contributed by atoms with Gasteiger partial charge in [-0.05, 0) is 36.4 Å². The van der Waals surface area contributed by atoms with E-state index < -0.39 is 11.4 Å². The Morgan fingerprint density at radius 2 is 1.97 bits per heavy atom. The van der Waals surface area contributed by atoms with Crippen LogP contribution in [0.5, 0.6) is 0 Å². The van der Waals surface area contributed by atoms with Gasteiger partial charge in [0.15, 0.2) is 5.82 Å². The van der Waals surface area contributed by atoms with Crippen LogP contribution in [-0.4, -0.2) is 40.4 Å². The number of carbonyl (C=O) groups excluding carboxylic acids is 2. The Balaban J connectivity index is 1.49. The quantitative estimate of drug-likeness (QED) is 0.572. The van der Waals surface area contributed by atoms with Crippen LogP contribution in [0.2, 0.25) is 0 Å². The van der Waals surface area contributed by atoms with Crippen LogP contribution >= 0.6 is 22.7 Å². The second kappa shape index (κ2) is 7.90. The minimum absolute atomic E-state index is 0.291. The normalized spacial score (nSPS) is 15.8. The van der Waals surface area contributed by atoms with E-state index in [1.807, 2.05) is 22.4 Å². The number of hydrogen-bond acceptors (Lipinski definition) is 8. The van der Waals surface area contributed by atoms with E-state index in [9.17, 15) is 9.59 Å². The number of hydrogen-bond donors (Lipinski definition) is 3. The van der Waals surface area contributed by atoms with Gasteiger partial charge in [-0.2, -0.15) is 0 Å². The summed E-state index contributed by atoms with van der Waals surface area (Å²) in [7, 11) is 0. The zero-order valence-electron chi connectivity index (χ0n) is 15.5. The van der Waals surface area contributed by atoms with Crippen molar-refractivity contribution in [2.75, 3.05) is 23.3 Å². The summed E-state index contributed by atoms with van der Waals surface area (Å²) < 4.78 is 0. The molecule has 0 radical (unpaired) electrons. The molecule has 8 nitrogen and oxygen atoms in total. The molecule has 0 atom stereocenters. The van der Waals surface area contributed by atoms with Crippen LogP contribution in [0.3, 0.4) is 0 Å². The Morgan fingerprint density at radius 1 is 1.17 bits per heavy atom. The first-order chi connectivity index (χ1) is 14.0. The second-order valence-corrected chi connectivity index (χ2v) is 8.66. The van der Waals surface area contributed by atoms with Crippen molar-refractivity contribution in [3.8, 4) is 9.88 Å². The molecule has 0 bridgehead atoms. The Kier molecular flexibility index (Phi) is 5.31. The molecule has 3 aromatic rings. The molecule has 0 unspecified atom stereocenters. The molecule has 0 spiro atoms. The van der Waals surface area contributed by atoms with E-state index in [0.29, 0.717) is 43.1 Å². The van der Waals surface area contributed by atoms with Gasteiger partial charge in [-0.15, -0.1) is 22.7 Å². The van der Waals surface area contributed by atoms with Gasteiger partial charge in [-0.1, -0.05) is 6.07 Å². The Labute approximate surface area is 175 Å². The summed E-state index contributed by atoms with van der Waals surface area (Å²) in [5.41, 5.74) is 11.5. The van der Waals surface area contributed by atoms with Crippen molar-refractivity contribution < 1.29 is 9.59 Å². The van der Waals surface area contributed by atoms with Crippen molar-refractivity contribution in [1.82, 2.24) is 9.97 Å². The highest BCUT2D eigenvalue weighted by Gasteiger charge is 2.36. The van der Waals surface area contributed by atoms with Crippen LogP contribution < -0.4 is 21.7 Å². The van der Waals surface area contributed by atoms with Crippen LogP contribution in [0.15, 0.2) is 41.2 Å². The Hall–Kier alpha value is -2.82. The van der Waals surface area contributed by atoms with Gasteiger partial charge < -0.3 is 21.7 Å². The number of carbonyl (C=O) groups is 2. The molecule has 5 N–H and O–H groups in total. The number of nitrogens with one attached hydrogen (secondary N) is 1. The van der Waals surface area contributed by atoms with Gasteiger partial charge in [0.2, 0.25) is 5.91 Å². The van der Waals surface area contributed by atoms with Crippen molar-refractivity contribution in [1.29, 1.82) is 0 Å². The van der Waals surface area contributed by atoms with E-state index >= 15 is 0 Å². The molecule has 10 heteroatoms. The smallest absolute Gasteiger partial charge is 0.275 e. The summed E-state index contributed by atoms with van der Waals surface area (Å²) in [5, 5.41) is 7.45. The molecular weight excluding hydrogens is 408 g/mol. The van der Waals surface area contributed by atoms with Gasteiger partial charge in [0.05, 0.1) is 16.1 Å². The number of amides is 2. The third-order valence-corrected chi connectivity index (χ3v) is 6.83. The first kappa shape index (κ1) is 19.5. The Morgan fingerprint density at radius 3 is 2.66 bits per heavy atom. The van der Waals surface area contributed by atoms with Gasteiger partial charge in [0, 0.05) is 24.7 Å². The Bertz CT molecular complexity index is 1030. The van der Waals surface area contributed by atoms with Gasteiger partial charge in [-0.3, -0.25) is 9.59 Å². The van der Waals surface area contributed by atoms with Crippen LogP contribution in [0, 0.1) is 0 Å². The molecule has 4 rings (SSSR count). The molecule has 4 heterocycles. The summed E-state index contributed by atoms with van der Waals surface area (Å²) >= 11 is 3.02. The van der Waals surface area contributed by atoms with Crippen molar-refractivity contribution >= 4 is 46.0 Å². The molecule has 150 valence electrons. The fraction of sp³-hybridized carbons (Fsp3) is 0.263. The summed E-state index contributed by atoms with van der Waals surface area (Å²) in [6.07, 6.45) is 2.53. The van der Waals surface area contributed by atoms with E-state index in [-0.39, 0.29) is 5.91 Å². The number of rotatable bonds is 5. The number of nitrogens with two attached hydrogens (primary N) is 2. The number of piperidine rings is 1. The maximum absolute atomic E-state index is 12.7. The molecule has 2 amide bonds. The van der Waals surface area contributed by atoms with Crippen molar-refractivity contribution in [3.63, 3.8) is 0 Å². The predicted molar refractivity (Wildman–Crippen MR) is 115 cm³/mol. The number of primary amides is 1. The largest absolute Gasteiger partial charge is 0.368 e. The van der Waals surface area contributed by atoms with Gasteiger partial charge in [-0.25, -0.2) is 9.97 Å². The van der Waals surface area contributed by atoms with Crippen LogP contribution in [0.25, 0.3) is 9.88 Å². The van der Waals surface area contributed by atoms with Crippen molar-refractivity contribution in [2.24, 2.45) is 11.5 Å². The first-order valence-corrected chi connectivity index (χ1v) is 10.8. The number of thiophene rings is 1. The summed E-state index contributed by atoms with van der Waals surface area (Å²) in [5.74, 6) is -0.140. The van der Waals surface area contributed by atoms with Crippen LogP contribution in [-0.2, 0) is 4.79 Å². The average Bonchev–Trinajstić information content (AvgIpc) is 3.41. The topological polar surface area (TPSA) is 127 Å². The van der Waals surface area contributed by atoms with Crippen LogP contribution in [0.1, 0.15) is 23.3 Å². The highest BCUT2D eigenvalue weighted by atomic mass is 32.1. The zero-order valence-corrected chi connectivity index (χ0v) is 17.1. The molecular formula is C19H20N6O2S2. The molecule has 3 aromatic heterocycles. The molecule has 1 saturated heterocycles. The molecule has 1 aliphatic rings. The predicted octanol–water partition coefficient (Wildman–Crippen LogP) is 2.30. The minimum atomic E-state index is -0.993. The number of pyridine rings is 1. The molecule has 1 fully saturated rings. The van der Waals surface area contributed by atoms with Gasteiger partial charge >= 0.3 is 0 Å².